The number of amides is 2. The molecule has 0 aliphatic carbocycles. The summed E-state index contributed by atoms with van der Waals surface area (Å²) in [5.74, 6) is -0.926. The van der Waals surface area contributed by atoms with Gasteiger partial charge in [-0.25, -0.2) is 4.79 Å². The third-order valence-electron chi connectivity index (χ3n) is 3.59. The summed E-state index contributed by atoms with van der Waals surface area (Å²) in [7, 11) is 1.79. The summed E-state index contributed by atoms with van der Waals surface area (Å²) >= 11 is 0. The number of carboxylic acids is 1. The Balaban J connectivity index is 1.90. The van der Waals surface area contributed by atoms with Gasteiger partial charge in [0.15, 0.2) is 0 Å². The summed E-state index contributed by atoms with van der Waals surface area (Å²) in [5, 5.41) is 14.7. The molecule has 1 aliphatic heterocycles. The molecule has 7 heteroatoms. The van der Waals surface area contributed by atoms with Crippen LogP contribution in [0.15, 0.2) is 18.3 Å². The van der Waals surface area contributed by atoms with Gasteiger partial charge in [0.25, 0.3) is 0 Å². The molecule has 21 heavy (non-hydrogen) atoms. The maximum Gasteiger partial charge on any atom is 0.321 e. The summed E-state index contributed by atoms with van der Waals surface area (Å²) in [5.41, 5.74) is 1.03. The summed E-state index contributed by atoms with van der Waals surface area (Å²) in [6.07, 6.45) is 3.25. The zero-order valence-electron chi connectivity index (χ0n) is 12.0. The van der Waals surface area contributed by atoms with Gasteiger partial charge in [0.2, 0.25) is 0 Å². The van der Waals surface area contributed by atoms with E-state index in [1.165, 1.54) is 6.20 Å². The lowest BCUT2D eigenvalue weighted by Gasteiger charge is -2.31. The number of carbonyl (C=O) groups excluding carboxylic acids is 1. The second-order valence-electron chi connectivity index (χ2n) is 5.13. The van der Waals surface area contributed by atoms with Crippen LogP contribution in [0.4, 0.5) is 10.5 Å². The van der Waals surface area contributed by atoms with Gasteiger partial charge >= 0.3 is 12.0 Å². The van der Waals surface area contributed by atoms with E-state index in [2.05, 4.69) is 15.6 Å². The Morgan fingerprint density at radius 3 is 2.71 bits per heavy atom. The predicted octanol–water partition coefficient (Wildman–Crippen LogP) is 0.924. The third kappa shape index (κ3) is 4.42. The lowest BCUT2D eigenvalue weighted by atomic mass is 10.1. The predicted molar refractivity (Wildman–Crippen MR) is 78.3 cm³/mol. The second kappa shape index (κ2) is 7.03. The Labute approximate surface area is 123 Å². The van der Waals surface area contributed by atoms with Crippen molar-refractivity contribution in [2.75, 3.05) is 25.5 Å². The van der Waals surface area contributed by atoms with E-state index in [9.17, 15) is 9.59 Å². The highest BCUT2D eigenvalue weighted by Gasteiger charge is 2.21. The molecule has 1 aromatic heterocycles. The number of aromatic nitrogens is 1. The van der Waals surface area contributed by atoms with Crippen LogP contribution >= 0.6 is 0 Å². The highest BCUT2D eigenvalue weighted by molar-refractivity contribution is 5.89. The minimum atomic E-state index is -0.926. The fraction of sp³-hybridized carbons (Fsp3) is 0.500. The minimum absolute atomic E-state index is 0.122. The number of carboxylic acid groups (broad SMARTS) is 1. The summed E-state index contributed by atoms with van der Waals surface area (Å²) in [6.45, 7) is 1.85. The number of hydrogen-bond acceptors (Lipinski definition) is 4. The number of carbonyl (C=O) groups is 2. The molecule has 114 valence electrons. The van der Waals surface area contributed by atoms with Crippen molar-refractivity contribution in [2.24, 2.45) is 0 Å². The van der Waals surface area contributed by atoms with E-state index in [1.807, 2.05) is 0 Å². The van der Waals surface area contributed by atoms with Crippen LogP contribution in [0, 0.1) is 0 Å². The Morgan fingerprint density at radius 2 is 2.14 bits per heavy atom. The maximum absolute atomic E-state index is 12.1. The van der Waals surface area contributed by atoms with E-state index in [4.69, 9.17) is 5.11 Å². The van der Waals surface area contributed by atoms with Gasteiger partial charge in [-0.1, -0.05) is 0 Å². The molecule has 0 atom stereocenters. The highest BCUT2D eigenvalue weighted by atomic mass is 16.4. The van der Waals surface area contributed by atoms with E-state index in [0.29, 0.717) is 11.4 Å². The monoisotopic (exact) mass is 292 g/mol. The number of pyridine rings is 1. The topological polar surface area (TPSA) is 94.6 Å². The first kappa shape index (κ1) is 15.2. The van der Waals surface area contributed by atoms with Crippen molar-refractivity contribution in [3.63, 3.8) is 0 Å². The number of anilines is 1. The summed E-state index contributed by atoms with van der Waals surface area (Å²) < 4.78 is 0. The smallest absolute Gasteiger partial charge is 0.321 e. The van der Waals surface area contributed by atoms with E-state index < -0.39 is 5.97 Å². The van der Waals surface area contributed by atoms with Crippen molar-refractivity contribution >= 4 is 17.7 Å². The molecule has 1 aliphatic rings. The number of piperidine rings is 1. The average Bonchev–Trinajstić information content (AvgIpc) is 2.49. The molecular formula is C14H20N4O3. The van der Waals surface area contributed by atoms with Crippen molar-refractivity contribution in [3.8, 4) is 0 Å². The van der Waals surface area contributed by atoms with Crippen LogP contribution < -0.4 is 10.6 Å². The van der Waals surface area contributed by atoms with E-state index in [1.54, 1.807) is 24.1 Å². The van der Waals surface area contributed by atoms with Crippen molar-refractivity contribution in [2.45, 2.75) is 25.3 Å². The molecule has 0 unspecified atom stereocenters. The quantitative estimate of drug-likeness (QED) is 0.767. The SMILES string of the molecule is CN(C(=O)Nc1ccc(CC(=O)O)nc1)C1CCNCC1. The molecule has 0 aromatic carbocycles. The zero-order valence-corrected chi connectivity index (χ0v) is 12.0. The molecule has 2 heterocycles. The molecule has 0 saturated carbocycles. The zero-order chi connectivity index (χ0) is 15.2. The molecule has 0 spiro atoms. The third-order valence-corrected chi connectivity index (χ3v) is 3.59. The lowest BCUT2D eigenvalue weighted by Crippen LogP contribution is -2.45. The first-order chi connectivity index (χ1) is 10.1. The largest absolute Gasteiger partial charge is 0.481 e. The Hall–Kier alpha value is -2.15. The molecule has 2 amide bonds. The first-order valence-corrected chi connectivity index (χ1v) is 6.97. The Kier molecular flexibility index (Phi) is 5.10. The van der Waals surface area contributed by atoms with Gasteiger partial charge in [-0.2, -0.15) is 0 Å². The minimum Gasteiger partial charge on any atom is -0.481 e. The fourth-order valence-corrected chi connectivity index (χ4v) is 2.33. The molecule has 3 N–H and O–H groups in total. The summed E-state index contributed by atoms with van der Waals surface area (Å²) in [4.78, 5) is 28.5. The number of rotatable bonds is 4. The van der Waals surface area contributed by atoms with Crippen LogP contribution in [0.1, 0.15) is 18.5 Å². The van der Waals surface area contributed by atoms with Gasteiger partial charge in [0.1, 0.15) is 0 Å². The molecule has 7 nitrogen and oxygen atoms in total. The van der Waals surface area contributed by atoms with Crippen LogP contribution in [0.2, 0.25) is 0 Å². The van der Waals surface area contributed by atoms with Crippen LogP contribution in [0.5, 0.6) is 0 Å². The average molecular weight is 292 g/mol. The first-order valence-electron chi connectivity index (χ1n) is 6.97. The number of urea groups is 1. The molecule has 1 saturated heterocycles. The van der Waals surface area contributed by atoms with E-state index in [0.717, 1.165) is 25.9 Å². The fourth-order valence-electron chi connectivity index (χ4n) is 2.33. The number of hydrogen-bond donors (Lipinski definition) is 3. The van der Waals surface area contributed by atoms with Crippen LogP contribution in [0.3, 0.4) is 0 Å². The van der Waals surface area contributed by atoms with Crippen molar-refractivity contribution < 1.29 is 14.7 Å². The van der Waals surface area contributed by atoms with Gasteiger partial charge in [0.05, 0.1) is 24.0 Å². The van der Waals surface area contributed by atoms with Gasteiger partial charge < -0.3 is 20.6 Å². The molecular weight excluding hydrogens is 272 g/mol. The highest BCUT2D eigenvalue weighted by Crippen LogP contribution is 2.13. The standard InChI is InChI=1S/C14H20N4O3/c1-18(12-4-6-15-7-5-12)14(21)17-11-3-2-10(16-9-11)8-13(19)20/h2-3,9,12,15H,4-8H2,1H3,(H,17,21)(H,19,20). The summed E-state index contributed by atoms with van der Waals surface area (Å²) in [6, 6.07) is 3.34. The number of nitrogens with one attached hydrogen (secondary N) is 2. The second-order valence-corrected chi connectivity index (χ2v) is 5.13. The van der Waals surface area contributed by atoms with E-state index in [-0.39, 0.29) is 18.5 Å². The molecule has 1 aromatic rings. The van der Waals surface area contributed by atoms with Gasteiger partial charge in [0, 0.05) is 13.1 Å². The van der Waals surface area contributed by atoms with Gasteiger partial charge in [-0.05, 0) is 38.1 Å². The van der Waals surface area contributed by atoms with Crippen LogP contribution in [-0.4, -0.2) is 53.2 Å². The van der Waals surface area contributed by atoms with Crippen molar-refractivity contribution in [1.82, 2.24) is 15.2 Å². The normalized spacial score (nSPS) is 15.5. The van der Waals surface area contributed by atoms with Crippen LogP contribution in [-0.2, 0) is 11.2 Å². The Morgan fingerprint density at radius 1 is 1.43 bits per heavy atom. The van der Waals surface area contributed by atoms with Gasteiger partial charge in [-0.3, -0.25) is 9.78 Å². The molecule has 2 rings (SSSR count). The van der Waals surface area contributed by atoms with Gasteiger partial charge in [-0.15, -0.1) is 0 Å². The Bertz CT molecular complexity index is 497. The molecule has 1 fully saturated rings. The number of aliphatic carboxylic acids is 1. The lowest BCUT2D eigenvalue weighted by molar-refractivity contribution is -0.136. The van der Waals surface area contributed by atoms with Crippen LogP contribution in [0.25, 0.3) is 0 Å². The van der Waals surface area contributed by atoms with Crippen molar-refractivity contribution in [1.29, 1.82) is 0 Å². The maximum atomic E-state index is 12.1. The molecule has 0 bridgehead atoms. The molecule has 0 radical (unpaired) electrons. The van der Waals surface area contributed by atoms with E-state index >= 15 is 0 Å². The number of nitrogens with zero attached hydrogens (tertiary/aromatic N) is 2. The van der Waals surface area contributed by atoms with Crippen molar-refractivity contribution in [3.05, 3.63) is 24.0 Å².